The molecular weight excluding hydrogens is 288 g/mol. The predicted octanol–water partition coefficient (Wildman–Crippen LogP) is 1.89. The molecule has 0 radical (unpaired) electrons. The Kier molecular flexibility index (Phi) is 4.35. The van der Waals surface area contributed by atoms with Crippen LogP contribution in [-0.2, 0) is 19.1 Å². The van der Waals surface area contributed by atoms with Crippen molar-refractivity contribution in [1.82, 2.24) is 0 Å². The lowest BCUT2D eigenvalue weighted by Crippen LogP contribution is -2.46. The van der Waals surface area contributed by atoms with Crippen molar-refractivity contribution in [3.05, 3.63) is 18.2 Å². The van der Waals surface area contributed by atoms with Gasteiger partial charge in [0.1, 0.15) is 5.75 Å². The third kappa shape index (κ3) is 3.36. The molecule has 0 aliphatic carbocycles. The largest absolute Gasteiger partial charge is 0.495 e. The maximum absolute atomic E-state index is 11.8. The maximum Gasteiger partial charge on any atom is 0.329 e. The van der Waals surface area contributed by atoms with E-state index in [0.29, 0.717) is 11.4 Å². The fourth-order valence-corrected chi connectivity index (χ4v) is 1.98. The smallest absolute Gasteiger partial charge is 0.329 e. The highest BCUT2D eigenvalue weighted by atomic mass is 16.7. The van der Waals surface area contributed by atoms with Crippen LogP contribution >= 0.6 is 0 Å². The van der Waals surface area contributed by atoms with E-state index in [1.807, 2.05) is 0 Å². The molecule has 1 aromatic carbocycles. The molecular formula is C15H18N2O5. The number of aliphatic imine (C=N–C) groups is 1. The molecule has 0 saturated carbocycles. The molecule has 118 valence electrons. The molecule has 7 heteroatoms. The van der Waals surface area contributed by atoms with Crippen LogP contribution in [0.3, 0.4) is 0 Å². The Morgan fingerprint density at radius 1 is 1.27 bits per heavy atom. The number of hydrogen-bond donors (Lipinski definition) is 1. The van der Waals surface area contributed by atoms with Gasteiger partial charge >= 0.3 is 11.9 Å². The minimum absolute atomic E-state index is 0.543. The Morgan fingerprint density at radius 3 is 2.45 bits per heavy atom. The summed E-state index contributed by atoms with van der Waals surface area (Å²) < 4.78 is 15.3. The number of carbonyl (C=O) groups excluding carboxylic acids is 2. The van der Waals surface area contributed by atoms with Crippen LogP contribution in [0.15, 0.2) is 23.2 Å². The summed E-state index contributed by atoms with van der Waals surface area (Å²) in [6.45, 7) is 3.00. The van der Waals surface area contributed by atoms with Gasteiger partial charge in [-0.2, -0.15) is 0 Å². The first kappa shape index (κ1) is 15.8. The number of anilines is 1. The average molecular weight is 306 g/mol. The van der Waals surface area contributed by atoms with E-state index < -0.39 is 23.6 Å². The highest BCUT2D eigenvalue weighted by molar-refractivity contribution is 6.10. The van der Waals surface area contributed by atoms with Gasteiger partial charge in [-0.1, -0.05) is 0 Å². The summed E-state index contributed by atoms with van der Waals surface area (Å²) in [6.07, 6.45) is 1.22. The summed E-state index contributed by atoms with van der Waals surface area (Å²) in [6, 6.07) is 5.20. The van der Waals surface area contributed by atoms with Crippen LogP contribution in [0.1, 0.15) is 13.8 Å². The molecule has 1 aliphatic heterocycles. The summed E-state index contributed by atoms with van der Waals surface area (Å²) in [5.74, 6) is -3.15. The second kappa shape index (κ2) is 6.05. The van der Waals surface area contributed by atoms with E-state index in [1.165, 1.54) is 20.1 Å². The van der Waals surface area contributed by atoms with Gasteiger partial charge in [0.25, 0.3) is 5.79 Å². The zero-order valence-electron chi connectivity index (χ0n) is 12.9. The number of carbonyl (C=O) groups is 2. The molecule has 1 N–H and O–H groups in total. The van der Waals surface area contributed by atoms with E-state index in [9.17, 15) is 9.59 Å². The fourth-order valence-electron chi connectivity index (χ4n) is 1.98. The number of ether oxygens (including phenoxy) is 3. The molecule has 0 bridgehead atoms. The molecule has 0 atom stereocenters. The number of hydrogen-bond acceptors (Lipinski definition) is 7. The lowest BCUT2D eigenvalue weighted by molar-refractivity contribution is -0.235. The van der Waals surface area contributed by atoms with Crippen LogP contribution in [0.5, 0.6) is 5.75 Å². The zero-order valence-corrected chi connectivity index (χ0v) is 12.9. The van der Waals surface area contributed by atoms with Gasteiger partial charge < -0.3 is 19.5 Å². The van der Waals surface area contributed by atoms with Crippen LogP contribution < -0.4 is 10.1 Å². The molecule has 1 saturated heterocycles. The molecule has 22 heavy (non-hydrogen) atoms. The van der Waals surface area contributed by atoms with Gasteiger partial charge in [0.2, 0.25) is 0 Å². The lowest BCUT2D eigenvalue weighted by atomic mass is 10.1. The molecule has 0 amide bonds. The summed E-state index contributed by atoms with van der Waals surface area (Å²) in [7, 11) is 3.32. The fraction of sp³-hybridized carbons (Fsp3) is 0.400. The van der Waals surface area contributed by atoms with E-state index in [-0.39, 0.29) is 0 Å². The molecule has 1 aromatic rings. The third-order valence-corrected chi connectivity index (χ3v) is 3.03. The number of nitrogens with zero attached hydrogens (tertiary/aromatic N) is 1. The van der Waals surface area contributed by atoms with Crippen LogP contribution in [-0.4, -0.2) is 38.1 Å². The van der Waals surface area contributed by atoms with E-state index in [1.54, 1.807) is 32.4 Å². The average Bonchev–Trinajstić information content (AvgIpc) is 2.44. The van der Waals surface area contributed by atoms with Crippen molar-refractivity contribution < 1.29 is 23.8 Å². The van der Waals surface area contributed by atoms with Crippen LogP contribution in [0, 0.1) is 5.92 Å². The molecule has 0 unspecified atom stereocenters. The normalized spacial score (nSPS) is 18.0. The van der Waals surface area contributed by atoms with Crippen molar-refractivity contribution in [3.63, 3.8) is 0 Å². The van der Waals surface area contributed by atoms with Crippen molar-refractivity contribution >= 4 is 29.5 Å². The minimum Gasteiger partial charge on any atom is -0.495 e. The van der Waals surface area contributed by atoms with Gasteiger partial charge in [0.05, 0.1) is 18.5 Å². The predicted molar refractivity (Wildman–Crippen MR) is 80.4 cm³/mol. The molecule has 1 fully saturated rings. The monoisotopic (exact) mass is 306 g/mol. The van der Waals surface area contributed by atoms with E-state index in [2.05, 4.69) is 10.3 Å². The Morgan fingerprint density at radius 2 is 1.91 bits per heavy atom. The Bertz CT molecular complexity index is 604. The number of cyclic esters (lactones) is 2. The summed E-state index contributed by atoms with van der Waals surface area (Å²) in [5.41, 5.74) is 1.35. The van der Waals surface area contributed by atoms with E-state index in [4.69, 9.17) is 14.2 Å². The number of methoxy groups -OCH3 is 1. The number of rotatable bonds is 4. The van der Waals surface area contributed by atoms with Crippen LogP contribution in [0.4, 0.5) is 11.4 Å². The number of esters is 2. The topological polar surface area (TPSA) is 86.2 Å². The molecule has 2 rings (SSSR count). The highest BCUT2D eigenvalue weighted by Gasteiger charge is 2.42. The van der Waals surface area contributed by atoms with Gasteiger partial charge in [-0.15, -0.1) is 0 Å². The second-order valence-electron chi connectivity index (χ2n) is 5.13. The highest BCUT2D eigenvalue weighted by Crippen LogP contribution is 2.29. The Labute approximate surface area is 128 Å². The summed E-state index contributed by atoms with van der Waals surface area (Å²) >= 11 is 0. The third-order valence-electron chi connectivity index (χ3n) is 3.03. The minimum atomic E-state index is -1.24. The van der Waals surface area contributed by atoms with Crippen molar-refractivity contribution in [2.45, 2.75) is 19.6 Å². The zero-order chi connectivity index (χ0) is 16.3. The van der Waals surface area contributed by atoms with Gasteiger partial charge in [-0.3, -0.25) is 14.6 Å². The SMILES string of the molecule is CNc1ccc(N=CC2C(=O)OC(C)(C)OC2=O)cc1OC. The van der Waals surface area contributed by atoms with E-state index >= 15 is 0 Å². The van der Waals surface area contributed by atoms with Gasteiger partial charge in [0, 0.05) is 33.2 Å². The van der Waals surface area contributed by atoms with Gasteiger partial charge in [0.15, 0.2) is 5.92 Å². The lowest BCUT2D eigenvalue weighted by Gasteiger charge is -2.31. The first-order valence-corrected chi connectivity index (χ1v) is 6.72. The molecule has 1 heterocycles. The van der Waals surface area contributed by atoms with Crippen molar-refractivity contribution in [2.24, 2.45) is 10.9 Å². The van der Waals surface area contributed by atoms with Crippen molar-refractivity contribution in [2.75, 3.05) is 19.5 Å². The first-order chi connectivity index (χ1) is 10.4. The first-order valence-electron chi connectivity index (χ1n) is 6.72. The number of benzene rings is 1. The van der Waals surface area contributed by atoms with Gasteiger partial charge in [-0.25, -0.2) is 0 Å². The van der Waals surface area contributed by atoms with Crippen molar-refractivity contribution in [3.8, 4) is 5.75 Å². The summed E-state index contributed by atoms with van der Waals surface area (Å²) in [4.78, 5) is 27.8. The Hall–Kier alpha value is -2.57. The molecule has 7 nitrogen and oxygen atoms in total. The summed E-state index contributed by atoms with van der Waals surface area (Å²) in [5, 5.41) is 2.98. The van der Waals surface area contributed by atoms with Crippen molar-refractivity contribution in [1.29, 1.82) is 0 Å². The van der Waals surface area contributed by atoms with Crippen LogP contribution in [0.25, 0.3) is 0 Å². The maximum atomic E-state index is 11.8. The molecule has 1 aliphatic rings. The Balaban J connectivity index is 2.18. The number of nitrogens with one attached hydrogen (secondary N) is 1. The van der Waals surface area contributed by atoms with Gasteiger partial charge in [-0.05, 0) is 12.1 Å². The van der Waals surface area contributed by atoms with Crippen LogP contribution in [0.2, 0.25) is 0 Å². The van der Waals surface area contributed by atoms with E-state index in [0.717, 1.165) is 5.69 Å². The standard InChI is InChI=1S/C15H18N2O5/c1-15(2)21-13(18)10(14(19)22-15)8-17-9-5-6-11(16-3)12(7-9)20-4/h5-8,10,16H,1-4H3. The second-order valence-corrected chi connectivity index (χ2v) is 5.13. The molecule has 0 spiro atoms. The molecule has 0 aromatic heterocycles. The quantitative estimate of drug-likeness (QED) is 0.519.